The number of ether oxygens (including phenoxy) is 2. The molecule has 0 radical (unpaired) electrons. The van der Waals surface area contributed by atoms with Crippen LogP contribution in [0.15, 0.2) is 12.1 Å². The topological polar surface area (TPSA) is 55.2 Å². The minimum atomic E-state index is -0.176. The highest BCUT2D eigenvalue weighted by Crippen LogP contribution is 2.39. The Balaban J connectivity index is 1.70. The molecule has 2 N–H and O–H groups in total. The quantitative estimate of drug-likeness (QED) is 0.776. The van der Waals surface area contributed by atoms with Crippen molar-refractivity contribution in [1.29, 1.82) is 0 Å². The fourth-order valence-corrected chi connectivity index (χ4v) is 2.57. The van der Waals surface area contributed by atoms with Crippen LogP contribution >= 0.6 is 11.6 Å². The number of nitrogens with zero attached hydrogens (tertiary/aromatic N) is 1. The maximum absolute atomic E-state index is 12.2. The first kappa shape index (κ1) is 13.5. The molecule has 0 unspecified atom stereocenters. The van der Waals surface area contributed by atoms with E-state index in [4.69, 9.17) is 21.1 Å². The molecule has 108 valence electrons. The van der Waals surface area contributed by atoms with Crippen LogP contribution in [-0.4, -0.2) is 50.9 Å². The summed E-state index contributed by atoms with van der Waals surface area (Å²) in [5, 5.41) is 2.33. The number of nitrogens with one attached hydrogen (secondary N) is 2. The molecule has 1 fully saturated rings. The molecule has 6 nitrogen and oxygen atoms in total. The van der Waals surface area contributed by atoms with E-state index in [-0.39, 0.29) is 12.7 Å². The summed E-state index contributed by atoms with van der Waals surface area (Å²) in [7, 11) is 2.15. The number of benzene rings is 1. The average molecular weight is 299 g/mol. The van der Waals surface area contributed by atoms with Gasteiger partial charge < -0.3 is 14.4 Å². The molecule has 1 aromatic rings. The van der Waals surface area contributed by atoms with E-state index in [1.165, 1.54) is 4.90 Å². The first-order valence-electron chi connectivity index (χ1n) is 6.60. The van der Waals surface area contributed by atoms with Crippen LogP contribution in [0.3, 0.4) is 0 Å². The third-order valence-electron chi connectivity index (χ3n) is 3.57. The van der Waals surface area contributed by atoms with Crippen molar-refractivity contribution in [2.24, 2.45) is 0 Å². The summed E-state index contributed by atoms with van der Waals surface area (Å²) in [6.07, 6.45) is 0. The van der Waals surface area contributed by atoms with Gasteiger partial charge in [-0.2, -0.15) is 0 Å². The van der Waals surface area contributed by atoms with Gasteiger partial charge in [-0.15, -0.1) is 0 Å². The van der Waals surface area contributed by atoms with E-state index in [0.29, 0.717) is 22.1 Å². The van der Waals surface area contributed by atoms with Gasteiger partial charge in [-0.25, -0.2) is 5.01 Å². The van der Waals surface area contributed by atoms with Gasteiger partial charge in [0.2, 0.25) is 6.79 Å². The molecule has 0 atom stereocenters. The monoisotopic (exact) mass is 298 g/mol. The zero-order chi connectivity index (χ0) is 14.1. The van der Waals surface area contributed by atoms with Crippen LogP contribution in [-0.2, 0) is 0 Å². The van der Waals surface area contributed by atoms with Gasteiger partial charge in [-0.05, 0) is 12.1 Å². The second-order valence-corrected chi connectivity index (χ2v) is 5.48. The van der Waals surface area contributed by atoms with Crippen molar-refractivity contribution in [3.05, 3.63) is 22.7 Å². The van der Waals surface area contributed by atoms with E-state index in [0.717, 1.165) is 26.2 Å². The summed E-state index contributed by atoms with van der Waals surface area (Å²) in [5.74, 6) is 0.849. The molecule has 0 saturated carbocycles. The fourth-order valence-electron chi connectivity index (χ4n) is 2.31. The zero-order valence-electron chi connectivity index (χ0n) is 11.2. The largest absolute Gasteiger partial charge is 0.454 e. The van der Waals surface area contributed by atoms with E-state index >= 15 is 0 Å². The van der Waals surface area contributed by atoms with Crippen molar-refractivity contribution < 1.29 is 19.2 Å². The van der Waals surface area contributed by atoms with Crippen molar-refractivity contribution in [3.63, 3.8) is 0 Å². The van der Waals surface area contributed by atoms with Crippen LogP contribution in [0.25, 0.3) is 0 Å². The smallest absolute Gasteiger partial charge is 0.265 e. The third kappa shape index (κ3) is 2.67. The molecule has 2 heterocycles. The summed E-state index contributed by atoms with van der Waals surface area (Å²) in [5.41, 5.74) is 3.38. The van der Waals surface area contributed by atoms with E-state index in [1.807, 2.05) is 5.01 Å². The maximum atomic E-state index is 12.2. The Bertz CT molecular complexity index is 530. The van der Waals surface area contributed by atoms with Gasteiger partial charge in [0.25, 0.3) is 5.91 Å². The Kier molecular flexibility index (Phi) is 3.69. The first-order chi connectivity index (χ1) is 9.63. The summed E-state index contributed by atoms with van der Waals surface area (Å²) in [6.45, 7) is 3.86. The number of piperazine rings is 1. The molecule has 20 heavy (non-hydrogen) atoms. The molecule has 0 bridgehead atoms. The highest BCUT2D eigenvalue weighted by Gasteiger charge is 2.23. The molecule has 1 amide bonds. The lowest BCUT2D eigenvalue weighted by Crippen LogP contribution is -3.12. The Morgan fingerprint density at radius 3 is 2.85 bits per heavy atom. The summed E-state index contributed by atoms with van der Waals surface area (Å²) in [6, 6.07) is 3.26. The van der Waals surface area contributed by atoms with Crippen LogP contribution in [0.4, 0.5) is 0 Å². The lowest BCUT2D eigenvalue weighted by Gasteiger charge is -2.30. The minimum Gasteiger partial charge on any atom is -0.454 e. The summed E-state index contributed by atoms with van der Waals surface area (Å²) in [4.78, 5) is 13.7. The van der Waals surface area contributed by atoms with E-state index in [1.54, 1.807) is 12.1 Å². The van der Waals surface area contributed by atoms with Crippen molar-refractivity contribution in [2.45, 2.75) is 0 Å². The van der Waals surface area contributed by atoms with Gasteiger partial charge in [0.15, 0.2) is 11.5 Å². The number of quaternary nitrogens is 1. The Morgan fingerprint density at radius 1 is 1.35 bits per heavy atom. The summed E-state index contributed by atoms with van der Waals surface area (Å²) >= 11 is 6.08. The normalized spacial score (nSPS) is 19.1. The fraction of sp³-hybridized carbons (Fsp3) is 0.462. The van der Waals surface area contributed by atoms with E-state index < -0.39 is 0 Å². The SMILES string of the molecule is C[NH+]1CCN(NC(=O)c2cc(Cl)c3c(c2)OCO3)CC1. The molecule has 1 aromatic carbocycles. The van der Waals surface area contributed by atoms with Gasteiger partial charge >= 0.3 is 0 Å². The lowest BCUT2D eigenvalue weighted by atomic mass is 10.2. The Morgan fingerprint density at radius 2 is 2.10 bits per heavy atom. The molecule has 7 heteroatoms. The second-order valence-electron chi connectivity index (χ2n) is 5.08. The number of amides is 1. The van der Waals surface area contributed by atoms with Crippen molar-refractivity contribution >= 4 is 17.5 Å². The average Bonchev–Trinajstić information content (AvgIpc) is 2.90. The molecular formula is C13H17ClN3O3+. The molecule has 0 aromatic heterocycles. The van der Waals surface area contributed by atoms with Gasteiger partial charge in [0, 0.05) is 5.56 Å². The second kappa shape index (κ2) is 5.47. The van der Waals surface area contributed by atoms with Gasteiger partial charge in [0.05, 0.1) is 38.2 Å². The predicted octanol–water partition coefficient (Wildman–Crippen LogP) is -0.456. The first-order valence-corrected chi connectivity index (χ1v) is 6.97. The number of carbonyl (C=O) groups excluding carboxylic acids is 1. The van der Waals surface area contributed by atoms with Crippen LogP contribution in [0.1, 0.15) is 10.4 Å². The van der Waals surface area contributed by atoms with Crippen molar-refractivity contribution in [3.8, 4) is 11.5 Å². The maximum Gasteiger partial charge on any atom is 0.265 e. The van der Waals surface area contributed by atoms with E-state index in [2.05, 4.69) is 12.5 Å². The van der Waals surface area contributed by atoms with E-state index in [9.17, 15) is 4.79 Å². The molecule has 0 spiro atoms. The number of hydrazine groups is 1. The third-order valence-corrected chi connectivity index (χ3v) is 3.85. The molecular weight excluding hydrogens is 282 g/mol. The molecule has 3 rings (SSSR count). The van der Waals surface area contributed by atoms with Gasteiger partial charge in [-0.1, -0.05) is 11.6 Å². The molecule has 2 aliphatic rings. The number of fused-ring (bicyclic) bond motifs is 1. The van der Waals surface area contributed by atoms with Gasteiger partial charge in [0.1, 0.15) is 0 Å². The molecule has 0 aliphatic carbocycles. The Labute approximate surface area is 122 Å². The number of hydrogen-bond acceptors (Lipinski definition) is 4. The predicted molar refractivity (Wildman–Crippen MR) is 73.2 cm³/mol. The zero-order valence-corrected chi connectivity index (χ0v) is 12.0. The highest BCUT2D eigenvalue weighted by atomic mass is 35.5. The summed E-state index contributed by atoms with van der Waals surface area (Å²) < 4.78 is 10.5. The van der Waals surface area contributed by atoms with Crippen LogP contribution in [0, 0.1) is 0 Å². The van der Waals surface area contributed by atoms with Crippen molar-refractivity contribution in [1.82, 2.24) is 10.4 Å². The number of halogens is 1. The number of carbonyl (C=O) groups is 1. The van der Waals surface area contributed by atoms with Crippen molar-refractivity contribution in [2.75, 3.05) is 40.0 Å². The number of rotatable bonds is 2. The standard InChI is InChI=1S/C13H16ClN3O3/c1-16-2-4-17(5-3-16)15-13(18)9-6-10(14)12-11(7-9)19-8-20-12/h6-7H,2-5,8H2,1H3,(H,15,18)/p+1. The molecule has 2 aliphatic heterocycles. The number of likely N-dealkylation sites (N-methyl/N-ethyl adjacent to an activating group) is 1. The lowest BCUT2D eigenvalue weighted by molar-refractivity contribution is -0.884. The minimum absolute atomic E-state index is 0.140. The number of hydrogen-bond donors (Lipinski definition) is 2. The molecule has 1 saturated heterocycles. The van der Waals surface area contributed by atoms with Crippen LogP contribution in [0.2, 0.25) is 5.02 Å². The van der Waals surface area contributed by atoms with Crippen LogP contribution in [0.5, 0.6) is 11.5 Å². The van der Waals surface area contributed by atoms with Crippen LogP contribution < -0.4 is 19.8 Å². The van der Waals surface area contributed by atoms with Gasteiger partial charge in [-0.3, -0.25) is 10.2 Å². The Hall–Kier alpha value is -1.50. The highest BCUT2D eigenvalue weighted by molar-refractivity contribution is 6.32.